The van der Waals surface area contributed by atoms with E-state index in [1.54, 1.807) is 6.07 Å². The van der Waals surface area contributed by atoms with E-state index in [1.165, 1.54) is 0 Å². The lowest BCUT2D eigenvalue weighted by atomic mass is 10.1. The Morgan fingerprint density at radius 3 is 2.21 bits per heavy atom. The van der Waals surface area contributed by atoms with Crippen molar-refractivity contribution in [3.8, 4) is 0 Å². The molecule has 0 saturated carbocycles. The summed E-state index contributed by atoms with van der Waals surface area (Å²) in [6, 6.07) is 9.33. The molecule has 0 bridgehead atoms. The summed E-state index contributed by atoms with van der Waals surface area (Å²) in [5, 5.41) is 5.50. The highest BCUT2D eigenvalue weighted by molar-refractivity contribution is 9.10. The van der Waals surface area contributed by atoms with Crippen LogP contribution in [0.15, 0.2) is 34.8 Å². The summed E-state index contributed by atoms with van der Waals surface area (Å²) >= 11 is 3.44. The molecule has 29 heavy (non-hydrogen) atoms. The summed E-state index contributed by atoms with van der Waals surface area (Å²) < 4.78 is 5.93. The number of amides is 2. The van der Waals surface area contributed by atoms with Gasteiger partial charge in [0.15, 0.2) is 6.61 Å². The lowest BCUT2D eigenvalue weighted by Gasteiger charge is -2.12. The van der Waals surface area contributed by atoms with Gasteiger partial charge in [0.1, 0.15) is 0 Å². The maximum atomic E-state index is 12.0. The first-order chi connectivity index (χ1) is 13.7. The number of halogens is 1. The van der Waals surface area contributed by atoms with E-state index < -0.39 is 18.5 Å². The topological polar surface area (TPSA) is 84.5 Å². The Morgan fingerprint density at radius 2 is 1.52 bits per heavy atom. The Balaban J connectivity index is 1.76. The third kappa shape index (κ3) is 6.71. The fourth-order valence-electron chi connectivity index (χ4n) is 2.71. The fourth-order valence-corrected chi connectivity index (χ4v) is 3.14. The Morgan fingerprint density at radius 1 is 0.862 bits per heavy atom. The molecule has 0 spiro atoms. The van der Waals surface area contributed by atoms with Crippen LogP contribution in [-0.2, 0) is 19.1 Å². The fraction of sp³-hybridized carbons (Fsp3) is 0.318. The number of anilines is 2. The molecule has 0 saturated heterocycles. The van der Waals surface area contributed by atoms with Gasteiger partial charge in [-0.25, -0.2) is 0 Å². The summed E-state index contributed by atoms with van der Waals surface area (Å²) in [6.07, 6.45) is -0.112. The van der Waals surface area contributed by atoms with E-state index in [9.17, 15) is 14.4 Å². The maximum Gasteiger partial charge on any atom is 0.306 e. The van der Waals surface area contributed by atoms with E-state index >= 15 is 0 Å². The minimum Gasteiger partial charge on any atom is -0.456 e. The molecule has 0 aliphatic carbocycles. The van der Waals surface area contributed by atoms with Crippen molar-refractivity contribution in [2.75, 3.05) is 17.2 Å². The van der Waals surface area contributed by atoms with Crippen LogP contribution in [0.4, 0.5) is 11.4 Å². The second-order valence-electron chi connectivity index (χ2n) is 6.92. The van der Waals surface area contributed by atoms with Crippen molar-refractivity contribution >= 4 is 45.1 Å². The van der Waals surface area contributed by atoms with E-state index in [2.05, 4.69) is 26.6 Å². The Kier molecular flexibility index (Phi) is 7.96. The van der Waals surface area contributed by atoms with Crippen molar-refractivity contribution in [3.05, 3.63) is 57.1 Å². The zero-order valence-corrected chi connectivity index (χ0v) is 18.6. The molecule has 0 unspecified atom stereocenters. The number of hydrogen-bond donors (Lipinski definition) is 2. The third-order valence-corrected chi connectivity index (χ3v) is 5.43. The zero-order chi connectivity index (χ0) is 21.6. The Hall–Kier alpha value is -2.67. The highest BCUT2D eigenvalue weighted by Gasteiger charge is 2.13. The third-order valence-electron chi connectivity index (χ3n) is 4.57. The van der Waals surface area contributed by atoms with E-state index in [1.807, 2.05) is 52.0 Å². The van der Waals surface area contributed by atoms with Gasteiger partial charge in [0.05, 0.1) is 6.42 Å². The first-order valence-corrected chi connectivity index (χ1v) is 10.0. The first kappa shape index (κ1) is 22.6. The molecule has 0 atom stereocenters. The molecule has 154 valence electrons. The smallest absolute Gasteiger partial charge is 0.306 e. The van der Waals surface area contributed by atoms with Crippen molar-refractivity contribution in [1.29, 1.82) is 0 Å². The number of hydrogen-bond acceptors (Lipinski definition) is 4. The number of aryl methyl sites for hydroxylation is 2. The second kappa shape index (κ2) is 10.2. The molecule has 2 N–H and O–H groups in total. The van der Waals surface area contributed by atoms with Gasteiger partial charge in [-0.2, -0.15) is 0 Å². The molecule has 0 aromatic heterocycles. The highest BCUT2D eigenvalue weighted by Crippen LogP contribution is 2.25. The molecule has 2 rings (SSSR count). The van der Waals surface area contributed by atoms with Gasteiger partial charge in [-0.05, 0) is 62.6 Å². The van der Waals surface area contributed by atoms with Gasteiger partial charge in [0.25, 0.3) is 5.91 Å². The normalized spacial score (nSPS) is 10.4. The molecule has 2 amide bonds. The van der Waals surface area contributed by atoms with Crippen molar-refractivity contribution < 1.29 is 19.1 Å². The number of carbonyl (C=O) groups excluding carboxylic acids is 3. The van der Waals surface area contributed by atoms with Crippen LogP contribution in [0.3, 0.4) is 0 Å². The average molecular weight is 461 g/mol. The lowest BCUT2D eigenvalue weighted by molar-refractivity contribution is -0.147. The molecule has 0 aliphatic heterocycles. The van der Waals surface area contributed by atoms with Crippen LogP contribution in [-0.4, -0.2) is 24.4 Å². The Bertz CT molecular complexity index is 941. The summed E-state index contributed by atoms with van der Waals surface area (Å²) in [4.78, 5) is 35.9. The van der Waals surface area contributed by atoms with Crippen LogP contribution in [0.2, 0.25) is 0 Å². The lowest BCUT2D eigenvalue weighted by Crippen LogP contribution is -2.22. The van der Waals surface area contributed by atoms with Crippen LogP contribution in [0.25, 0.3) is 0 Å². The highest BCUT2D eigenvalue weighted by atomic mass is 79.9. The van der Waals surface area contributed by atoms with Crippen LogP contribution in [0.5, 0.6) is 0 Å². The number of rotatable bonds is 7. The van der Waals surface area contributed by atoms with Crippen LogP contribution >= 0.6 is 15.9 Å². The van der Waals surface area contributed by atoms with Crippen molar-refractivity contribution in [1.82, 2.24) is 0 Å². The van der Waals surface area contributed by atoms with E-state index in [-0.39, 0.29) is 18.7 Å². The summed E-state index contributed by atoms with van der Waals surface area (Å²) in [6.45, 7) is 7.33. The van der Waals surface area contributed by atoms with Crippen LogP contribution < -0.4 is 10.6 Å². The maximum absolute atomic E-state index is 12.0. The van der Waals surface area contributed by atoms with Crippen molar-refractivity contribution in [2.45, 2.75) is 40.5 Å². The van der Waals surface area contributed by atoms with E-state index in [4.69, 9.17) is 4.74 Å². The predicted octanol–water partition coefficient (Wildman–Crippen LogP) is 4.58. The molecule has 2 aromatic rings. The quantitative estimate of drug-likeness (QED) is 0.591. The van der Waals surface area contributed by atoms with Gasteiger partial charge in [-0.15, -0.1) is 0 Å². The Labute approximate surface area is 179 Å². The van der Waals surface area contributed by atoms with Gasteiger partial charge >= 0.3 is 5.97 Å². The summed E-state index contributed by atoms with van der Waals surface area (Å²) in [7, 11) is 0. The number of carbonyl (C=O) groups is 3. The summed E-state index contributed by atoms with van der Waals surface area (Å²) in [5.74, 6) is -1.30. The zero-order valence-electron chi connectivity index (χ0n) is 17.0. The van der Waals surface area contributed by atoms with Gasteiger partial charge in [-0.1, -0.05) is 33.6 Å². The molecular formula is C22H25BrN2O4. The molecule has 0 heterocycles. The van der Waals surface area contributed by atoms with Gasteiger partial charge in [-0.3, -0.25) is 14.4 Å². The SMILES string of the molecule is Cc1ccc(NC(=O)CCC(=O)OCC(=O)Nc2ccc(Br)c(C)c2C)c(C)c1. The number of ether oxygens (including phenoxy) is 1. The molecule has 0 fully saturated rings. The standard InChI is InChI=1S/C22H25BrN2O4/c1-13-5-7-18(14(2)11-13)24-20(26)9-10-22(28)29-12-21(27)25-19-8-6-17(23)15(3)16(19)4/h5-8,11H,9-10,12H2,1-4H3,(H,24,26)(H,25,27). The second-order valence-corrected chi connectivity index (χ2v) is 7.77. The summed E-state index contributed by atoms with van der Waals surface area (Å²) in [5.41, 5.74) is 5.40. The average Bonchev–Trinajstić information content (AvgIpc) is 2.67. The molecule has 0 aliphatic rings. The number of nitrogens with one attached hydrogen (secondary N) is 2. The van der Waals surface area contributed by atoms with Crippen LogP contribution in [0, 0.1) is 27.7 Å². The van der Waals surface area contributed by atoms with Crippen LogP contribution in [0.1, 0.15) is 35.1 Å². The molecule has 6 nitrogen and oxygen atoms in total. The largest absolute Gasteiger partial charge is 0.456 e. The molecular weight excluding hydrogens is 436 g/mol. The van der Waals surface area contributed by atoms with E-state index in [0.29, 0.717) is 11.4 Å². The van der Waals surface area contributed by atoms with Crippen molar-refractivity contribution in [2.24, 2.45) is 0 Å². The minimum absolute atomic E-state index is 0.0151. The van der Waals surface area contributed by atoms with Gasteiger partial charge in [0.2, 0.25) is 5.91 Å². The number of benzene rings is 2. The predicted molar refractivity (Wildman–Crippen MR) is 117 cm³/mol. The monoisotopic (exact) mass is 460 g/mol. The van der Waals surface area contributed by atoms with Crippen molar-refractivity contribution in [3.63, 3.8) is 0 Å². The van der Waals surface area contributed by atoms with Gasteiger partial charge < -0.3 is 15.4 Å². The number of esters is 1. The minimum atomic E-state index is -0.598. The molecule has 2 aromatic carbocycles. The van der Waals surface area contributed by atoms with Gasteiger partial charge in [0, 0.05) is 22.3 Å². The first-order valence-electron chi connectivity index (χ1n) is 9.25. The van der Waals surface area contributed by atoms with E-state index in [0.717, 1.165) is 26.7 Å². The molecule has 7 heteroatoms. The molecule has 0 radical (unpaired) electrons.